The second kappa shape index (κ2) is 8.15. The zero-order valence-electron chi connectivity index (χ0n) is 15.1. The first-order chi connectivity index (χ1) is 14.3. The van der Waals surface area contributed by atoms with Gasteiger partial charge in [0.2, 0.25) is 0 Å². The van der Waals surface area contributed by atoms with Crippen molar-refractivity contribution in [2.75, 3.05) is 0 Å². The van der Waals surface area contributed by atoms with Crippen molar-refractivity contribution in [2.24, 2.45) is 0 Å². The molecular formula is C18H13ClF3N5O2S. The van der Waals surface area contributed by atoms with Gasteiger partial charge in [0.1, 0.15) is 5.03 Å². The molecule has 0 aliphatic heterocycles. The molecule has 0 saturated carbocycles. The number of halogens is 4. The lowest BCUT2D eigenvalue weighted by atomic mass is 10.3. The van der Waals surface area contributed by atoms with E-state index in [1.54, 1.807) is 0 Å². The van der Waals surface area contributed by atoms with Crippen LogP contribution in [-0.4, -0.2) is 24.7 Å². The summed E-state index contributed by atoms with van der Waals surface area (Å²) < 4.78 is 45.0. The number of hydrogen-bond acceptors (Lipinski definition) is 6. The SMILES string of the molecule is O=c1[nH]c(CCCn2c(Sc3ncc(C(F)(F)F)cc3Cl)nc3ccccc32)no1. The van der Waals surface area contributed by atoms with Gasteiger partial charge in [-0.3, -0.25) is 9.51 Å². The Morgan fingerprint density at radius 3 is 2.77 bits per heavy atom. The molecule has 4 aromatic rings. The Labute approximate surface area is 176 Å². The Bertz CT molecular complexity index is 1250. The molecule has 0 aliphatic carbocycles. The minimum Gasteiger partial charge on any atom is -0.319 e. The third kappa shape index (κ3) is 4.36. The molecule has 1 N–H and O–H groups in total. The number of aromatic nitrogens is 5. The van der Waals surface area contributed by atoms with Crippen molar-refractivity contribution in [1.82, 2.24) is 24.7 Å². The number of pyridine rings is 1. The second-order valence-electron chi connectivity index (χ2n) is 6.29. The fourth-order valence-electron chi connectivity index (χ4n) is 2.86. The normalized spacial score (nSPS) is 12.0. The molecule has 30 heavy (non-hydrogen) atoms. The molecule has 0 fully saturated rings. The topological polar surface area (TPSA) is 89.6 Å². The molecular weight excluding hydrogens is 443 g/mol. The van der Waals surface area contributed by atoms with Crippen molar-refractivity contribution in [1.29, 1.82) is 0 Å². The fourth-order valence-corrected chi connectivity index (χ4v) is 4.02. The van der Waals surface area contributed by atoms with Gasteiger partial charge in [-0.15, -0.1) is 0 Å². The number of nitrogens with zero attached hydrogens (tertiary/aromatic N) is 4. The van der Waals surface area contributed by atoms with E-state index < -0.39 is 17.5 Å². The highest BCUT2D eigenvalue weighted by Gasteiger charge is 2.31. The smallest absolute Gasteiger partial charge is 0.319 e. The molecule has 156 valence electrons. The first-order valence-electron chi connectivity index (χ1n) is 8.72. The number of rotatable bonds is 6. The molecule has 7 nitrogen and oxygen atoms in total. The molecule has 1 aromatic carbocycles. The van der Waals surface area contributed by atoms with Crippen LogP contribution in [0.1, 0.15) is 17.8 Å². The zero-order chi connectivity index (χ0) is 21.3. The summed E-state index contributed by atoms with van der Waals surface area (Å²) in [5.74, 6) is -0.177. The predicted octanol–water partition coefficient (Wildman–Crippen LogP) is 4.56. The lowest BCUT2D eigenvalue weighted by molar-refractivity contribution is -0.137. The molecule has 0 bridgehead atoms. The van der Waals surface area contributed by atoms with Gasteiger partial charge in [-0.05, 0) is 36.4 Å². The van der Waals surface area contributed by atoms with Gasteiger partial charge in [0, 0.05) is 19.2 Å². The van der Waals surface area contributed by atoms with E-state index in [4.69, 9.17) is 11.6 Å². The lowest BCUT2D eigenvalue weighted by Gasteiger charge is -2.10. The molecule has 3 heterocycles. The summed E-state index contributed by atoms with van der Waals surface area (Å²) >= 11 is 7.14. The van der Waals surface area contributed by atoms with E-state index in [1.807, 2.05) is 28.8 Å². The van der Waals surface area contributed by atoms with Crippen LogP contribution < -0.4 is 5.76 Å². The van der Waals surface area contributed by atoms with E-state index in [-0.39, 0.29) is 10.0 Å². The molecule has 0 unspecified atom stereocenters. The van der Waals surface area contributed by atoms with Crippen LogP contribution in [0.3, 0.4) is 0 Å². The van der Waals surface area contributed by atoms with Crippen molar-refractivity contribution in [3.05, 3.63) is 63.5 Å². The largest absolute Gasteiger partial charge is 0.438 e. The van der Waals surface area contributed by atoms with Crippen LogP contribution in [0.25, 0.3) is 11.0 Å². The van der Waals surface area contributed by atoms with Crippen LogP contribution in [-0.2, 0) is 19.1 Å². The average molecular weight is 456 g/mol. The highest BCUT2D eigenvalue weighted by atomic mass is 35.5. The number of imidazole rings is 1. The summed E-state index contributed by atoms with van der Waals surface area (Å²) in [6.07, 6.45) is -2.68. The van der Waals surface area contributed by atoms with Crippen LogP contribution in [0.15, 0.2) is 56.0 Å². The molecule has 0 radical (unpaired) electrons. The predicted molar refractivity (Wildman–Crippen MR) is 104 cm³/mol. The minimum absolute atomic E-state index is 0.103. The van der Waals surface area contributed by atoms with Gasteiger partial charge in [-0.2, -0.15) is 13.2 Å². The summed E-state index contributed by atoms with van der Waals surface area (Å²) in [5, 5.41) is 4.30. The second-order valence-corrected chi connectivity index (χ2v) is 7.65. The fraction of sp³-hybridized carbons (Fsp3) is 0.222. The van der Waals surface area contributed by atoms with E-state index in [1.165, 1.54) is 0 Å². The van der Waals surface area contributed by atoms with Crippen molar-refractivity contribution in [3.63, 3.8) is 0 Å². The molecule has 0 saturated heterocycles. The molecule has 0 amide bonds. The highest BCUT2D eigenvalue weighted by molar-refractivity contribution is 7.99. The number of aryl methyl sites for hydroxylation is 2. The molecule has 0 aliphatic rings. The Morgan fingerprint density at radius 1 is 1.27 bits per heavy atom. The Balaban J connectivity index is 1.60. The van der Waals surface area contributed by atoms with Crippen LogP contribution in [0.4, 0.5) is 13.2 Å². The van der Waals surface area contributed by atoms with Crippen molar-refractivity contribution >= 4 is 34.4 Å². The maximum absolute atomic E-state index is 12.9. The van der Waals surface area contributed by atoms with Crippen LogP contribution >= 0.6 is 23.4 Å². The van der Waals surface area contributed by atoms with E-state index in [9.17, 15) is 18.0 Å². The quantitative estimate of drug-likeness (QED) is 0.458. The Hall–Kier alpha value is -2.79. The maximum atomic E-state index is 12.9. The van der Waals surface area contributed by atoms with E-state index in [0.717, 1.165) is 35.1 Å². The molecule has 3 aromatic heterocycles. The van der Waals surface area contributed by atoms with Gasteiger partial charge in [0.05, 0.1) is 21.6 Å². The molecule has 4 rings (SSSR count). The number of nitrogens with one attached hydrogen (secondary N) is 1. The van der Waals surface area contributed by atoms with E-state index >= 15 is 0 Å². The van der Waals surface area contributed by atoms with Crippen molar-refractivity contribution < 1.29 is 17.7 Å². The monoisotopic (exact) mass is 455 g/mol. The van der Waals surface area contributed by atoms with Crippen molar-refractivity contribution in [2.45, 2.75) is 35.7 Å². The van der Waals surface area contributed by atoms with E-state index in [2.05, 4.69) is 24.6 Å². The summed E-state index contributed by atoms with van der Waals surface area (Å²) in [6.45, 7) is 0.524. The summed E-state index contributed by atoms with van der Waals surface area (Å²) in [5.41, 5.74) is 0.682. The summed E-state index contributed by atoms with van der Waals surface area (Å²) in [7, 11) is 0. The van der Waals surface area contributed by atoms with E-state index in [0.29, 0.717) is 30.4 Å². The summed E-state index contributed by atoms with van der Waals surface area (Å²) in [4.78, 5) is 22.0. The van der Waals surface area contributed by atoms with Crippen LogP contribution in [0.5, 0.6) is 0 Å². The number of aromatic amines is 1. The minimum atomic E-state index is -4.52. The third-order valence-corrected chi connectivity index (χ3v) is 5.64. The number of para-hydroxylation sites is 2. The average Bonchev–Trinajstić information content (AvgIpc) is 3.26. The Kier molecular flexibility index (Phi) is 5.56. The highest BCUT2D eigenvalue weighted by Crippen LogP contribution is 2.37. The summed E-state index contributed by atoms with van der Waals surface area (Å²) in [6, 6.07) is 8.30. The Morgan fingerprint density at radius 2 is 2.07 bits per heavy atom. The standard InChI is InChI=1S/C18H13ClF3N5O2S/c19-11-8-10(18(20,21)22)9-23-15(11)30-16-24-12-4-1-2-5-13(12)27(16)7-3-6-14-25-17(28)29-26-14/h1-2,4-5,8-9H,3,6-7H2,(H,25,26,28). The number of benzene rings is 1. The van der Waals surface area contributed by atoms with Gasteiger partial charge >= 0.3 is 11.9 Å². The first-order valence-corrected chi connectivity index (χ1v) is 9.91. The number of H-pyrrole nitrogens is 1. The number of fused-ring (bicyclic) bond motifs is 1. The zero-order valence-corrected chi connectivity index (χ0v) is 16.7. The molecule has 0 spiro atoms. The van der Waals surface area contributed by atoms with Crippen LogP contribution in [0, 0.1) is 0 Å². The van der Waals surface area contributed by atoms with Gasteiger partial charge in [-0.1, -0.05) is 28.9 Å². The van der Waals surface area contributed by atoms with Gasteiger partial charge < -0.3 is 4.57 Å². The number of alkyl halides is 3. The number of hydrogen-bond donors (Lipinski definition) is 1. The van der Waals surface area contributed by atoms with Crippen LogP contribution in [0.2, 0.25) is 5.02 Å². The first kappa shape index (κ1) is 20.5. The lowest BCUT2D eigenvalue weighted by Crippen LogP contribution is -2.06. The maximum Gasteiger partial charge on any atom is 0.438 e. The molecule has 0 atom stereocenters. The third-order valence-electron chi connectivity index (χ3n) is 4.22. The van der Waals surface area contributed by atoms with Gasteiger partial charge in [0.25, 0.3) is 0 Å². The molecule has 12 heteroatoms. The van der Waals surface area contributed by atoms with Gasteiger partial charge in [0.15, 0.2) is 11.0 Å². The van der Waals surface area contributed by atoms with Crippen molar-refractivity contribution in [3.8, 4) is 0 Å². The van der Waals surface area contributed by atoms with Gasteiger partial charge in [-0.25, -0.2) is 14.8 Å².